The Balaban J connectivity index is 2.10. The number of fused-ring (bicyclic) bond motifs is 1. The number of ether oxygens (including phenoxy) is 1. The molecule has 0 heterocycles. The average molecular weight is 426 g/mol. The van der Waals surface area contributed by atoms with Crippen LogP contribution in [-0.4, -0.2) is 18.6 Å². The summed E-state index contributed by atoms with van der Waals surface area (Å²) in [5, 5.41) is 4.45. The summed E-state index contributed by atoms with van der Waals surface area (Å²) < 4.78 is 23.9. The molecule has 0 spiro atoms. The minimum atomic E-state index is -3.81. The molecule has 1 N–H and O–H groups in total. The van der Waals surface area contributed by atoms with Gasteiger partial charge in [0.05, 0.1) is 6.61 Å². The molecular weight excluding hydrogens is 397 g/mol. The van der Waals surface area contributed by atoms with E-state index >= 15 is 0 Å². The monoisotopic (exact) mass is 425 g/mol. The van der Waals surface area contributed by atoms with Crippen molar-refractivity contribution in [2.24, 2.45) is 5.92 Å². The molecule has 0 bridgehead atoms. The first-order valence-electron chi connectivity index (χ1n) is 9.74. The molecule has 154 valence electrons. The fourth-order valence-corrected chi connectivity index (χ4v) is 4.54. The second kappa shape index (κ2) is 10.8. The standard InChI is InChI=1S/C21H29ClNO4P/c1-4-5-8-14-26-21(24)19(15-16(2)3)23-28(22,25)27-20-13-9-11-17-10-6-7-12-18(17)20/h6-7,9-13,16,19H,4-5,8,14-15H2,1-3H3,(H,23,25)/t19-,28?/m0/s1. The molecule has 2 atom stereocenters. The van der Waals surface area contributed by atoms with Gasteiger partial charge in [-0.15, -0.1) is 0 Å². The molecule has 0 aliphatic carbocycles. The summed E-state index contributed by atoms with van der Waals surface area (Å²) >= 11 is 6.19. The number of hydrogen-bond acceptors (Lipinski definition) is 4. The van der Waals surface area contributed by atoms with Gasteiger partial charge in [0.2, 0.25) is 0 Å². The molecule has 0 fully saturated rings. The number of nitrogens with one attached hydrogen (secondary N) is 1. The van der Waals surface area contributed by atoms with Gasteiger partial charge in [-0.2, -0.15) is 0 Å². The predicted molar refractivity (Wildman–Crippen MR) is 115 cm³/mol. The average Bonchev–Trinajstić information content (AvgIpc) is 2.64. The van der Waals surface area contributed by atoms with Gasteiger partial charge in [0.1, 0.15) is 11.8 Å². The lowest BCUT2D eigenvalue weighted by atomic mass is 10.1. The van der Waals surface area contributed by atoms with Crippen molar-refractivity contribution in [3.05, 3.63) is 42.5 Å². The third-order valence-electron chi connectivity index (χ3n) is 4.26. The molecule has 0 aliphatic heterocycles. The van der Waals surface area contributed by atoms with Crippen LogP contribution in [0.3, 0.4) is 0 Å². The maximum absolute atomic E-state index is 12.9. The molecule has 2 aromatic rings. The molecule has 2 rings (SSSR count). The van der Waals surface area contributed by atoms with E-state index in [0.717, 1.165) is 30.0 Å². The van der Waals surface area contributed by atoms with Crippen molar-refractivity contribution in [1.82, 2.24) is 5.09 Å². The summed E-state index contributed by atoms with van der Waals surface area (Å²) in [6, 6.07) is 12.2. The van der Waals surface area contributed by atoms with Gasteiger partial charge in [-0.1, -0.05) is 70.0 Å². The third-order valence-corrected chi connectivity index (χ3v) is 5.81. The molecular formula is C21H29ClNO4P. The molecule has 0 aromatic heterocycles. The Morgan fingerprint density at radius 2 is 1.86 bits per heavy atom. The first kappa shape index (κ1) is 22.7. The minimum absolute atomic E-state index is 0.190. The number of unbranched alkanes of at least 4 members (excludes halogenated alkanes) is 2. The SMILES string of the molecule is CCCCCOC(=O)[C@H](CC(C)C)NP(=O)(Cl)Oc1cccc2ccccc12. The zero-order valence-electron chi connectivity index (χ0n) is 16.7. The topological polar surface area (TPSA) is 64.6 Å². The second-order valence-corrected chi connectivity index (χ2v) is 9.97. The zero-order valence-corrected chi connectivity index (χ0v) is 18.3. The Hall–Kier alpha value is -1.55. The normalized spacial score (nSPS) is 14.6. The fourth-order valence-electron chi connectivity index (χ4n) is 2.91. The largest absolute Gasteiger partial charge is 0.465 e. The van der Waals surface area contributed by atoms with Crippen LogP contribution in [0.25, 0.3) is 10.8 Å². The number of carbonyl (C=O) groups excluding carboxylic acids is 1. The number of rotatable bonds is 11. The van der Waals surface area contributed by atoms with E-state index in [1.165, 1.54) is 0 Å². The molecule has 5 nitrogen and oxygen atoms in total. The quantitative estimate of drug-likeness (QED) is 0.260. The smallest absolute Gasteiger partial charge is 0.409 e. The lowest BCUT2D eigenvalue weighted by Crippen LogP contribution is -2.37. The fraction of sp³-hybridized carbons (Fsp3) is 0.476. The Kier molecular flexibility index (Phi) is 8.81. The van der Waals surface area contributed by atoms with Crippen molar-refractivity contribution in [3.8, 4) is 5.75 Å². The van der Waals surface area contributed by atoms with E-state index in [4.69, 9.17) is 20.5 Å². The van der Waals surface area contributed by atoms with E-state index in [9.17, 15) is 9.36 Å². The molecule has 0 saturated heterocycles. The Morgan fingerprint density at radius 1 is 1.14 bits per heavy atom. The van der Waals surface area contributed by atoms with Gasteiger partial charge in [0.25, 0.3) is 0 Å². The van der Waals surface area contributed by atoms with Crippen LogP contribution in [0.4, 0.5) is 0 Å². The highest BCUT2D eigenvalue weighted by molar-refractivity contribution is 7.84. The van der Waals surface area contributed by atoms with Gasteiger partial charge in [0.15, 0.2) is 0 Å². The highest BCUT2D eigenvalue weighted by Crippen LogP contribution is 2.50. The van der Waals surface area contributed by atoms with Crippen molar-refractivity contribution in [2.75, 3.05) is 6.61 Å². The molecule has 28 heavy (non-hydrogen) atoms. The maximum Gasteiger partial charge on any atom is 0.409 e. The summed E-state index contributed by atoms with van der Waals surface area (Å²) in [5.41, 5.74) is 0. The molecule has 0 radical (unpaired) electrons. The van der Waals surface area contributed by atoms with Gasteiger partial charge in [0, 0.05) is 16.6 Å². The van der Waals surface area contributed by atoms with E-state index in [-0.39, 0.29) is 5.92 Å². The number of halogens is 1. The van der Waals surface area contributed by atoms with Crippen molar-refractivity contribution < 1.29 is 18.6 Å². The van der Waals surface area contributed by atoms with Crippen molar-refractivity contribution in [2.45, 2.75) is 52.5 Å². The first-order chi connectivity index (χ1) is 13.3. The van der Waals surface area contributed by atoms with Crippen molar-refractivity contribution in [1.29, 1.82) is 0 Å². The van der Waals surface area contributed by atoms with E-state index < -0.39 is 18.9 Å². The molecule has 0 amide bonds. The molecule has 0 aliphatic rings. The number of hydrogen-bond donors (Lipinski definition) is 1. The maximum atomic E-state index is 12.9. The van der Waals surface area contributed by atoms with Gasteiger partial charge in [-0.25, -0.2) is 9.65 Å². The van der Waals surface area contributed by atoms with Crippen LogP contribution in [0.15, 0.2) is 42.5 Å². The highest BCUT2D eigenvalue weighted by Gasteiger charge is 2.32. The van der Waals surface area contributed by atoms with Crippen LogP contribution in [0.5, 0.6) is 5.75 Å². The van der Waals surface area contributed by atoms with Crippen molar-refractivity contribution >= 4 is 34.9 Å². The van der Waals surface area contributed by atoms with Crippen molar-refractivity contribution in [3.63, 3.8) is 0 Å². The molecule has 7 heteroatoms. The molecule has 1 unspecified atom stereocenters. The van der Waals surface area contributed by atoms with Crippen LogP contribution in [0.1, 0.15) is 46.5 Å². The van der Waals surface area contributed by atoms with Crippen LogP contribution in [0.2, 0.25) is 0 Å². The summed E-state index contributed by atoms with van der Waals surface area (Å²) in [6.07, 6.45) is 3.29. The second-order valence-electron chi connectivity index (χ2n) is 7.23. The van der Waals surface area contributed by atoms with Gasteiger partial charge >= 0.3 is 12.8 Å². The summed E-state index contributed by atoms with van der Waals surface area (Å²) in [5.74, 6) is 0.144. The van der Waals surface area contributed by atoms with E-state index in [1.807, 2.05) is 50.2 Å². The summed E-state index contributed by atoms with van der Waals surface area (Å²) in [4.78, 5) is 12.5. The third kappa shape index (κ3) is 7.12. The van der Waals surface area contributed by atoms with E-state index in [2.05, 4.69) is 12.0 Å². The van der Waals surface area contributed by atoms with E-state index in [1.54, 1.807) is 6.07 Å². The summed E-state index contributed by atoms with van der Waals surface area (Å²) in [6.45, 7) is 2.57. The zero-order chi connectivity index (χ0) is 20.6. The van der Waals surface area contributed by atoms with Crippen LogP contribution >= 0.6 is 18.1 Å². The van der Waals surface area contributed by atoms with Gasteiger partial charge in [-0.05, 0) is 30.2 Å². The number of carbonyl (C=O) groups is 1. The predicted octanol–water partition coefficient (Wildman–Crippen LogP) is 6.30. The Morgan fingerprint density at radius 3 is 2.57 bits per heavy atom. The Labute approximate surface area is 172 Å². The minimum Gasteiger partial charge on any atom is -0.465 e. The van der Waals surface area contributed by atoms with Crippen LogP contribution in [-0.2, 0) is 14.1 Å². The summed E-state index contributed by atoms with van der Waals surface area (Å²) in [7, 11) is 0. The van der Waals surface area contributed by atoms with E-state index in [0.29, 0.717) is 18.8 Å². The van der Waals surface area contributed by atoms with Crippen LogP contribution in [0, 0.1) is 5.92 Å². The highest BCUT2D eigenvalue weighted by atomic mass is 35.7. The first-order valence-corrected chi connectivity index (χ1v) is 12.3. The van der Waals surface area contributed by atoms with Crippen LogP contribution < -0.4 is 9.61 Å². The molecule has 2 aromatic carbocycles. The van der Waals surface area contributed by atoms with Gasteiger partial charge in [-0.3, -0.25) is 4.79 Å². The number of benzene rings is 2. The lowest BCUT2D eigenvalue weighted by molar-refractivity contribution is -0.146. The Bertz CT molecular complexity index is 822. The molecule has 0 saturated carbocycles. The lowest BCUT2D eigenvalue weighted by Gasteiger charge is -2.23. The van der Waals surface area contributed by atoms with Gasteiger partial charge < -0.3 is 9.26 Å². The number of esters is 1.